The van der Waals surface area contributed by atoms with E-state index in [1.807, 2.05) is 0 Å². The molecule has 0 atom stereocenters. The molecule has 0 saturated carbocycles. The van der Waals surface area contributed by atoms with E-state index in [0.29, 0.717) is 5.56 Å². The maximum atomic E-state index is 10.3. The summed E-state index contributed by atoms with van der Waals surface area (Å²) in [7, 11) is 2.80. The summed E-state index contributed by atoms with van der Waals surface area (Å²) in [6.07, 6.45) is 2.37. The van der Waals surface area contributed by atoms with Crippen molar-refractivity contribution < 1.29 is 44.6 Å². The van der Waals surface area contributed by atoms with Crippen LogP contribution in [0.25, 0.3) is 6.08 Å². The first-order valence-corrected chi connectivity index (χ1v) is 7.30. The molecular weight excluding hydrogens is 360 g/mol. The zero-order valence-electron chi connectivity index (χ0n) is 14.4. The fourth-order valence-corrected chi connectivity index (χ4v) is 1.87. The van der Waals surface area contributed by atoms with Crippen LogP contribution < -0.4 is 9.47 Å². The highest BCUT2D eigenvalue weighted by atomic mass is 16.5. The lowest BCUT2D eigenvalue weighted by Crippen LogP contribution is -1.95. The second-order valence-corrected chi connectivity index (χ2v) is 4.95. The number of methoxy groups -OCH3 is 2. The molecule has 2 aromatic rings. The third kappa shape index (κ3) is 6.16. The van der Waals surface area contributed by atoms with Crippen molar-refractivity contribution in [1.82, 2.24) is 0 Å². The summed E-state index contributed by atoms with van der Waals surface area (Å²) < 4.78 is 9.85. The summed E-state index contributed by atoms with van der Waals surface area (Å²) in [5, 5.41) is 44.2. The van der Waals surface area contributed by atoms with Crippen LogP contribution in [0.3, 0.4) is 0 Å². The lowest BCUT2D eigenvalue weighted by Gasteiger charge is -2.09. The van der Waals surface area contributed by atoms with Crippen molar-refractivity contribution in [2.75, 3.05) is 14.2 Å². The minimum absolute atomic E-state index is 0.113. The maximum Gasteiger partial charge on any atom is 0.339 e. The Morgan fingerprint density at radius 2 is 1.48 bits per heavy atom. The second-order valence-electron chi connectivity index (χ2n) is 4.95. The predicted molar refractivity (Wildman–Crippen MR) is 94.6 cm³/mol. The minimum Gasteiger partial charge on any atom is -0.508 e. The number of ether oxygens (including phenoxy) is 2. The van der Waals surface area contributed by atoms with E-state index in [9.17, 15) is 14.7 Å². The molecule has 0 spiro atoms. The summed E-state index contributed by atoms with van der Waals surface area (Å²) in [5.41, 5.74) is 0.263. The van der Waals surface area contributed by atoms with Gasteiger partial charge in [-0.2, -0.15) is 0 Å². The first kappa shape index (κ1) is 21.2. The van der Waals surface area contributed by atoms with Crippen molar-refractivity contribution in [3.63, 3.8) is 0 Å². The van der Waals surface area contributed by atoms with Crippen molar-refractivity contribution in [2.45, 2.75) is 0 Å². The van der Waals surface area contributed by atoms with E-state index < -0.39 is 11.9 Å². The molecule has 9 nitrogen and oxygen atoms in total. The number of carbonyl (C=O) groups is 2. The van der Waals surface area contributed by atoms with Gasteiger partial charge in [-0.3, -0.25) is 0 Å². The van der Waals surface area contributed by atoms with Crippen molar-refractivity contribution >= 4 is 18.0 Å². The average Bonchev–Trinajstić information content (AvgIpc) is 2.63. The van der Waals surface area contributed by atoms with Gasteiger partial charge in [0.25, 0.3) is 0 Å². The molecule has 2 rings (SSSR count). The molecule has 5 N–H and O–H groups in total. The first-order chi connectivity index (χ1) is 12.7. The van der Waals surface area contributed by atoms with E-state index in [2.05, 4.69) is 0 Å². The van der Waals surface area contributed by atoms with Gasteiger partial charge in [-0.15, -0.1) is 0 Å². The fraction of sp³-hybridized carbons (Fsp3) is 0.111. The molecule has 0 saturated heterocycles. The van der Waals surface area contributed by atoms with E-state index in [4.69, 9.17) is 29.9 Å². The largest absolute Gasteiger partial charge is 0.508 e. The van der Waals surface area contributed by atoms with Gasteiger partial charge in [-0.05, 0) is 42.0 Å². The second kappa shape index (κ2) is 9.56. The maximum absolute atomic E-state index is 10.3. The molecule has 0 bridgehead atoms. The number of rotatable bonds is 5. The Morgan fingerprint density at radius 1 is 0.926 bits per heavy atom. The standard InChI is InChI=1S/C11H12O5.C7H6O4/c1-15-8-5-7(3-4-10(12)13)6-9(16-2)11(8)14;8-4-1-2-6(9)5(3-4)7(10)11/h3-6,14H,1-2H3,(H,12,13);1-3,8-9H,(H,10,11)/b4-3+;. The lowest BCUT2D eigenvalue weighted by atomic mass is 10.1. The van der Waals surface area contributed by atoms with Gasteiger partial charge in [0, 0.05) is 6.08 Å². The first-order valence-electron chi connectivity index (χ1n) is 7.30. The monoisotopic (exact) mass is 378 g/mol. The molecule has 0 aliphatic rings. The fourth-order valence-electron chi connectivity index (χ4n) is 1.87. The number of aromatic carboxylic acids is 1. The summed E-state index contributed by atoms with van der Waals surface area (Å²) in [6, 6.07) is 6.34. The SMILES string of the molecule is COc1cc(/C=C/C(=O)O)cc(OC)c1O.O=C(O)c1cc(O)ccc1O. The number of phenolic OH excluding ortho intramolecular Hbond substituents is 2. The molecule has 0 heterocycles. The third-order valence-electron chi connectivity index (χ3n) is 3.13. The molecule has 0 aliphatic heterocycles. The molecule has 0 radical (unpaired) electrons. The number of carboxylic acid groups (broad SMARTS) is 2. The zero-order chi connectivity index (χ0) is 20.6. The Morgan fingerprint density at radius 3 is 1.89 bits per heavy atom. The molecule has 144 valence electrons. The summed E-state index contributed by atoms with van der Waals surface area (Å²) in [6.45, 7) is 0. The smallest absolute Gasteiger partial charge is 0.339 e. The van der Waals surface area contributed by atoms with Crippen molar-refractivity contribution in [2.24, 2.45) is 0 Å². The van der Waals surface area contributed by atoms with E-state index >= 15 is 0 Å². The Bertz CT molecular complexity index is 831. The van der Waals surface area contributed by atoms with Crippen LogP contribution in [0.15, 0.2) is 36.4 Å². The Balaban J connectivity index is 0.000000289. The minimum atomic E-state index is -1.27. The number of aromatic hydroxyl groups is 3. The van der Waals surface area contributed by atoms with Crippen LogP contribution in [0.5, 0.6) is 28.7 Å². The lowest BCUT2D eigenvalue weighted by molar-refractivity contribution is -0.131. The quantitative estimate of drug-likeness (QED) is 0.389. The van der Waals surface area contributed by atoms with Crippen LogP contribution in [-0.4, -0.2) is 51.7 Å². The Labute approximate surface area is 154 Å². The number of benzene rings is 2. The van der Waals surface area contributed by atoms with Crippen molar-refractivity contribution in [3.8, 4) is 28.7 Å². The van der Waals surface area contributed by atoms with E-state index in [0.717, 1.165) is 18.2 Å². The van der Waals surface area contributed by atoms with Gasteiger partial charge < -0.3 is 35.0 Å². The topological polar surface area (TPSA) is 154 Å². The van der Waals surface area contributed by atoms with Crippen LogP contribution in [0.2, 0.25) is 0 Å². The molecule has 0 unspecified atom stereocenters. The summed E-state index contributed by atoms with van der Waals surface area (Å²) >= 11 is 0. The van der Waals surface area contributed by atoms with Gasteiger partial charge in [0.1, 0.15) is 17.1 Å². The molecule has 0 fully saturated rings. The Kier molecular flexibility index (Phi) is 7.50. The van der Waals surface area contributed by atoms with Crippen LogP contribution >= 0.6 is 0 Å². The highest BCUT2D eigenvalue weighted by molar-refractivity contribution is 5.91. The normalized spacial score (nSPS) is 10.0. The summed E-state index contributed by atoms with van der Waals surface area (Å²) in [4.78, 5) is 20.7. The molecule has 27 heavy (non-hydrogen) atoms. The van der Waals surface area contributed by atoms with Crippen LogP contribution in [0.4, 0.5) is 0 Å². The molecule has 0 aromatic heterocycles. The average molecular weight is 378 g/mol. The van der Waals surface area contributed by atoms with Gasteiger partial charge in [0.2, 0.25) is 5.75 Å². The number of aliphatic carboxylic acids is 1. The molecule has 9 heteroatoms. The number of hydrogen-bond acceptors (Lipinski definition) is 7. The molecular formula is C18H18O9. The number of carboxylic acids is 2. The predicted octanol–water partition coefficient (Wildman–Crippen LogP) is 2.30. The van der Waals surface area contributed by atoms with Crippen LogP contribution in [0, 0.1) is 0 Å². The molecule has 0 amide bonds. The van der Waals surface area contributed by atoms with Crippen molar-refractivity contribution in [1.29, 1.82) is 0 Å². The van der Waals surface area contributed by atoms with Crippen LogP contribution in [-0.2, 0) is 4.79 Å². The van der Waals surface area contributed by atoms with Gasteiger partial charge >= 0.3 is 11.9 Å². The van der Waals surface area contributed by atoms with Crippen molar-refractivity contribution in [3.05, 3.63) is 47.5 Å². The van der Waals surface area contributed by atoms with Gasteiger partial charge in [0.05, 0.1) is 14.2 Å². The highest BCUT2D eigenvalue weighted by Gasteiger charge is 2.10. The number of phenols is 3. The van der Waals surface area contributed by atoms with Gasteiger partial charge in [-0.25, -0.2) is 9.59 Å². The zero-order valence-corrected chi connectivity index (χ0v) is 14.4. The van der Waals surface area contributed by atoms with E-state index in [1.54, 1.807) is 0 Å². The summed E-state index contributed by atoms with van der Waals surface area (Å²) in [5.74, 6) is -2.51. The van der Waals surface area contributed by atoms with Crippen LogP contribution in [0.1, 0.15) is 15.9 Å². The van der Waals surface area contributed by atoms with Gasteiger partial charge in [-0.1, -0.05) is 0 Å². The van der Waals surface area contributed by atoms with E-state index in [1.165, 1.54) is 38.5 Å². The Hall–Kier alpha value is -3.88. The van der Waals surface area contributed by atoms with E-state index in [-0.39, 0.29) is 34.3 Å². The molecule has 2 aromatic carbocycles. The molecule has 0 aliphatic carbocycles. The highest BCUT2D eigenvalue weighted by Crippen LogP contribution is 2.37. The number of hydrogen-bond donors (Lipinski definition) is 5. The third-order valence-corrected chi connectivity index (χ3v) is 3.13. The van der Waals surface area contributed by atoms with Gasteiger partial charge in [0.15, 0.2) is 11.5 Å².